The Bertz CT molecular complexity index is 306. The lowest BCUT2D eigenvalue weighted by Crippen LogP contribution is -2.23. The molecule has 0 radical (unpaired) electrons. The molecule has 1 aromatic carbocycles. The van der Waals surface area contributed by atoms with E-state index in [0.29, 0.717) is 11.7 Å². The molecule has 1 aliphatic rings. The maximum Gasteiger partial charge on any atom is 0.115 e. The maximum atomic E-state index is 9.21. The monoisotopic (exact) mass is 241 g/mol. The SMILES string of the molecule is Cl.N[C@H](c1ccc(O)cc1)C1CCCCC1. The first-order valence-corrected chi connectivity index (χ1v) is 5.82. The molecule has 2 nitrogen and oxygen atoms in total. The van der Waals surface area contributed by atoms with E-state index in [-0.39, 0.29) is 18.4 Å². The molecular weight excluding hydrogens is 222 g/mol. The number of nitrogens with two attached hydrogens (primary N) is 1. The lowest BCUT2D eigenvalue weighted by molar-refractivity contribution is 0.308. The van der Waals surface area contributed by atoms with E-state index in [1.807, 2.05) is 12.1 Å². The molecule has 3 heteroatoms. The summed E-state index contributed by atoms with van der Waals surface area (Å²) in [5.74, 6) is 0.942. The Morgan fingerprint density at radius 2 is 1.62 bits per heavy atom. The normalized spacial score (nSPS) is 18.8. The van der Waals surface area contributed by atoms with Crippen molar-refractivity contribution >= 4 is 12.4 Å². The van der Waals surface area contributed by atoms with Gasteiger partial charge in [-0.1, -0.05) is 31.4 Å². The number of rotatable bonds is 2. The van der Waals surface area contributed by atoms with Gasteiger partial charge in [-0.25, -0.2) is 0 Å². The topological polar surface area (TPSA) is 46.2 Å². The van der Waals surface area contributed by atoms with E-state index in [0.717, 1.165) is 5.56 Å². The molecule has 0 aliphatic heterocycles. The average Bonchev–Trinajstić information content (AvgIpc) is 2.30. The molecule has 0 amide bonds. The van der Waals surface area contributed by atoms with Crippen LogP contribution < -0.4 is 5.73 Å². The lowest BCUT2D eigenvalue weighted by atomic mass is 9.81. The van der Waals surface area contributed by atoms with Crippen LogP contribution in [-0.2, 0) is 0 Å². The zero-order valence-corrected chi connectivity index (χ0v) is 10.2. The Kier molecular flexibility index (Phi) is 5.10. The largest absolute Gasteiger partial charge is 0.508 e. The van der Waals surface area contributed by atoms with E-state index >= 15 is 0 Å². The number of phenolic OH excluding ortho intramolecular Hbond substituents is 1. The van der Waals surface area contributed by atoms with Crippen molar-refractivity contribution in [3.05, 3.63) is 29.8 Å². The van der Waals surface area contributed by atoms with E-state index < -0.39 is 0 Å². The Labute approximate surface area is 103 Å². The zero-order chi connectivity index (χ0) is 10.7. The summed E-state index contributed by atoms with van der Waals surface area (Å²) < 4.78 is 0. The van der Waals surface area contributed by atoms with Crippen LogP contribution in [0, 0.1) is 5.92 Å². The Morgan fingerprint density at radius 3 is 2.19 bits per heavy atom. The lowest BCUT2D eigenvalue weighted by Gasteiger charge is -2.27. The maximum absolute atomic E-state index is 9.21. The van der Waals surface area contributed by atoms with Crippen LogP contribution in [-0.4, -0.2) is 5.11 Å². The van der Waals surface area contributed by atoms with Gasteiger partial charge in [-0.05, 0) is 36.5 Å². The van der Waals surface area contributed by atoms with Crippen molar-refractivity contribution in [3.63, 3.8) is 0 Å². The number of phenols is 1. The third-order valence-electron chi connectivity index (χ3n) is 3.44. The van der Waals surface area contributed by atoms with Crippen LogP contribution in [0.1, 0.15) is 43.7 Å². The van der Waals surface area contributed by atoms with Crippen LogP contribution in [0.15, 0.2) is 24.3 Å². The molecule has 0 bridgehead atoms. The van der Waals surface area contributed by atoms with Crippen molar-refractivity contribution in [1.82, 2.24) is 0 Å². The summed E-state index contributed by atoms with van der Waals surface area (Å²) in [5, 5.41) is 9.21. The summed E-state index contributed by atoms with van der Waals surface area (Å²) in [6.07, 6.45) is 6.50. The smallest absolute Gasteiger partial charge is 0.115 e. The second-order valence-corrected chi connectivity index (χ2v) is 4.52. The van der Waals surface area contributed by atoms with Gasteiger partial charge >= 0.3 is 0 Å². The summed E-state index contributed by atoms with van der Waals surface area (Å²) in [4.78, 5) is 0. The van der Waals surface area contributed by atoms with E-state index in [9.17, 15) is 5.11 Å². The second kappa shape index (κ2) is 6.12. The third-order valence-corrected chi connectivity index (χ3v) is 3.44. The highest BCUT2D eigenvalue weighted by atomic mass is 35.5. The molecule has 0 unspecified atom stereocenters. The van der Waals surface area contributed by atoms with Gasteiger partial charge in [0.25, 0.3) is 0 Å². The van der Waals surface area contributed by atoms with Crippen LogP contribution in [0.5, 0.6) is 5.75 Å². The minimum atomic E-state index is 0. The number of hydrogen-bond donors (Lipinski definition) is 2. The molecule has 3 N–H and O–H groups in total. The van der Waals surface area contributed by atoms with Gasteiger partial charge in [0.1, 0.15) is 5.75 Å². The summed E-state index contributed by atoms with van der Waals surface area (Å²) in [5.41, 5.74) is 7.39. The minimum absolute atomic E-state index is 0. The molecule has 1 fully saturated rings. The fourth-order valence-electron chi connectivity index (χ4n) is 2.46. The summed E-state index contributed by atoms with van der Waals surface area (Å²) in [6.45, 7) is 0. The number of aromatic hydroxyl groups is 1. The van der Waals surface area contributed by atoms with Crippen molar-refractivity contribution in [1.29, 1.82) is 0 Å². The van der Waals surface area contributed by atoms with Crippen LogP contribution >= 0.6 is 12.4 Å². The van der Waals surface area contributed by atoms with Crippen LogP contribution in [0.3, 0.4) is 0 Å². The van der Waals surface area contributed by atoms with Crippen molar-refractivity contribution < 1.29 is 5.11 Å². The first-order valence-electron chi connectivity index (χ1n) is 5.82. The molecule has 90 valence electrons. The molecule has 2 rings (SSSR count). The van der Waals surface area contributed by atoms with Gasteiger partial charge in [-0.2, -0.15) is 0 Å². The first kappa shape index (κ1) is 13.3. The number of halogens is 1. The molecule has 1 saturated carbocycles. The molecule has 0 heterocycles. The van der Waals surface area contributed by atoms with Gasteiger partial charge in [0.15, 0.2) is 0 Å². The first-order chi connectivity index (χ1) is 7.27. The summed E-state index contributed by atoms with van der Waals surface area (Å²) in [7, 11) is 0. The molecule has 0 aromatic heterocycles. The van der Waals surface area contributed by atoms with Gasteiger partial charge in [0.05, 0.1) is 0 Å². The highest BCUT2D eigenvalue weighted by Crippen LogP contribution is 2.33. The number of benzene rings is 1. The molecule has 1 aromatic rings. The van der Waals surface area contributed by atoms with E-state index in [1.54, 1.807) is 12.1 Å². The Balaban J connectivity index is 0.00000128. The van der Waals surface area contributed by atoms with Gasteiger partial charge < -0.3 is 10.8 Å². The Hall–Kier alpha value is -0.730. The summed E-state index contributed by atoms with van der Waals surface area (Å²) >= 11 is 0. The molecule has 0 spiro atoms. The van der Waals surface area contributed by atoms with Crippen molar-refractivity contribution in [2.24, 2.45) is 11.7 Å². The zero-order valence-electron chi connectivity index (χ0n) is 9.43. The van der Waals surface area contributed by atoms with Crippen LogP contribution in [0.2, 0.25) is 0 Å². The van der Waals surface area contributed by atoms with Gasteiger partial charge in [-0.15, -0.1) is 12.4 Å². The molecule has 1 aliphatic carbocycles. The molecule has 16 heavy (non-hydrogen) atoms. The highest BCUT2D eigenvalue weighted by Gasteiger charge is 2.21. The van der Waals surface area contributed by atoms with Crippen molar-refractivity contribution in [2.45, 2.75) is 38.1 Å². The standard InChI is InChI=1S/C13H19NO.ClH/c14-13(10-4-2-1-3-5-10)11-6-8-12(15)9-7-11;/h6-10,13,15H,1-5,14H2;1H/t13-;/m0./s1. The van der Waals surface area contributed by atoms with E-state index in [4.69, 9.17) is 5.73 Å². The predicted molar refractivity (Wildman–Crippen MR) is 68.9 cm³/mol. The molecule has 0 saturated heterocycles. The fourth-order valence-corrected chi connectivity index (χ4v) is 2.46. The van der Waals surface area contributed by atoms with Crippen molar-refractivity contribution in [2.75, 3.05) is 0 Å². The molecule has 1 atom stereocenters. The van der Waals surface area contributed by atoms with Crippen LogP contribution in [0.25, 0.3) is 0 Å². The van der Waals surface area contributed by atoms with Crippen molar-refractivity contribution in [3.8, 4) is 5.75 Å². The highest BCUT2D eigenvalue weighted by molar-refractivity contribution is 5.85. The fraction of sp³-hybridized carbons (Fsp3) is 0.538. The van der Waals surface area contributed by atoms with Gasteiger partial charge in [0, 0.05) is 6.04 Å². The predicted octanol–water partition coefficient (Wildman–Crippen LogP) is 3.39. The summed E-state index contributed by atoms with van der Waals surface area (Å²) in [6, 6.07) is 7.46. The minimum Gasteiger partial charge on any atom is -0.508 e. The van der Waals surface area contributed by atoms with Crippen LogP contribution in [0.4, 0.5) is 0 Å². The molecular formula is C13H20ClNO. The number of hydrogen-bond acceptors (Lipinski definition) is 2. The third kappa shape index (κ3) is 3.13. The Morgan fingerprint density at radius 1 is 1.06 bits per heavy atom. The second-order valence-electron chi connectivity index (χ2n) is 4.52. The average molecular weight is 242 g/mol. The van der Waals surface area contributed by atoms with Gasteiger partial charge in [-0.3, -0.25) is 0 Å². The van der Waals surface area contributed by atoms with E-state index in [1.165, 1.54) is 32.1 Å². The van der Waals surface area contributed by atoms with Gasteiger partial charge in [0.2, 0.25) is 0 Å². The van der Waals surface area contributed by atoms with E-state index in [2.05, 4.69) is 0 Å². The quantitative estimate of drug-likeness (QED) is 0.834.